The third-order valence-corrected chi connectivity index (χ3v) is 3.20. The first kappa shape index (κ1) is 18.1. The Balaban J connectivity index is 2.54. The minimum absolute atomic E-state index is 0.105. The highest BCUT2D eigenvalue weighted by Gasteiger charge is 2.25. The van der Waals surface area contributed by atoms with E-state index < -0.39 is 6.04 Å². The van der Waals surface area contributed by atoms with Gasteiger partial charge in [0.1, 0.15) is 5.82 Å². The molecule has 0 saturated heterocycles. The summed E-state index contributed by atoms with van der Waals surface area (Å²) in [5, 5.41) is 5.58. The van der Waals surface area contributed by atoms with Crippen LogP contribution in [0.3, 0.4) is 0 Å². The monoisotopic (exact) mass is 310 g/mol. The van der Waals surface area contributed by atoms with E-state index in [4.69, 9.17) is 0 Å². The molecule has 0 heterocycles. The lowest BCUT2D eigenvalue weighted by Crippen LogP contribution is -3.15. The zero-order chi connectivity index (χ0) is 16.9. The Morgan fingerprint density at radius 1 is 1.23 bits per heavy atom. The predicted molar refractivity (Wildman–Crippen MR) is 84.1 cm³/mol. The number of hydrogen-bond acceptors (Lipinski definition) is 2. The molecule has 2 amide bonds. The van der Waals surface area contributed by atoms with Crippen LogP contribution in [0.15, 0.2) is 24.3 Å². The van der Waals surface area contributed by atoms with E-state index in [1.165, 1.54) is 24.3 Å². The first-order chi connectivity index (χ1) is 10.1. The Morgan fingerprint density at radius 2 is 1.77 bits per heavy atom. The lowest BCUT2D eigenvalue weighted by atomic mass is 10.1. The highest BCUT2D eigenvalue weighted by atomic mass is 19.1. The Bertz CT molecular complexity index is 523. The predicted octanol–water partition coefficient (Wildman–Crippen LogP) is 0.582. The van der Waals surface area contributed by atoms with Crippen molar-refractivity contribution < 1.29 is 18.9 Å². The van der Waals surface area contributed by atoms with Gasteiger partial charge in [-0.1, -0.05) is 0 Å². The molecule has 0 radical (unpaired) electrons. The number of carbonyl (C=O) groups excluding carboxylic acids is 2. The van der Waals surface area contributed by atoms with Crippen molar-refractivity contribution in [1.82, 2.24) is 5.32 Å². The van der Waals surface area contributed by atoms with E-state index in [1.54, 1.807) is 14.0 Å². The maximum absolute atomic E-state index is 12.8. The third-order valence-electron chi connectivity index (χ3n) is 3.20. The Hall–Kier alpha value is -1.95. The summed E-state index contributed by atoms with van der Waals surface area (Å²) < 4.78 is 12.8. The van der Waals surface area contributed by atoms with Crippen molar-refractivity contribution in [1.29, 1.82) is 0 Å². The van der Waals surface area contributed by atoms with Gasteiger partial charge in [0.2, 0.25) is 0 Å². The van der Waals surface area contributed by atoms with E-state index >= 15 is 0 Å². The molecule has 1 aromatic rings. The zero-order valence-corrected chi connectivity index (χ0v) is 13.8. The molecule has 1 rings (SSSR count). The molecule has 22 heavy (non-hydrogen) atoms. The molecule has 0 saturated carbocycles. The van der Waals surface area contributed by atoms with Gasteiger partial charge in [0, 0.05) is 11.2 Å². The van der Waals surface area contributed by atoms with E-state index in [2.05, 4.69) is 10.6 Å². The molecule has 5 nitrogen and oxygen atoms in total. The topological polar surface area (TPSA) is 62.6 Å². The fraction of sp³-hybridized carbons (Fsp3) is 0.500. The van der Waals surface area contributed by atoms with Crippen LogP contribution in [-0.4, -0.2) is 37.0 Å². The van der Waals surface area contributed by atoms with E-state index in [0.717, 1.165) is 4.90 Å². The average molecular weight is 310 g/mol. The average Bonchev–Trinajstić information content (AvgIpc) is 2.38. The van der Waals surface area contributed by atoms with Crippen LogP contribution in [0.25, 0.3) is 0 Å². The first-order valence-electron chi connectivity index (χ1n) is 7.28. The normalized spacial score (nSPS) is 14.1. The van der Waals surface area contributed by atoms with Crippen LogP contribution < -0.4 is 15.5 Å². The lowest BCUT2D eigenvalue weighted by molar-refractivity contribution is -0.885. The van der Waals surface area contributed by atoms with E-state index in [-0.39, 0.29) is 29.7 Å². The zero-order valence-electron chi connectivity index (χ0n) is 13.8. The number of anilines is 1. The number of nitrogens with one attached hydrogen (secondary N) is 3. The van der Waals surface area contributed by atoms with Crippen LogP contribution in [0.4, 0.5) is 10.1 Å². The molecule has 0 aliphatic carbocycles. The molecular formula is C16H25FN3O2+. The maximum atomic E-state index is 12.8. The minimum Gasteiger partial charge on any atom is -0.347 e. The standard InChI is InChI=1S/C16H24FN3O2/c1-11(20(5)10-14(21)19-16(2,3)4)15(22)18-13-8-6-12(17)7-9-13/h6-9,11H,10H2,1-5H3,(H,18,22)(H,19,21)/p+1/t11-/m0/s1. The Kier molecular flexibility index (Phi) is 6.05. The summed E-state index contributed by atoms with van der Waals surface area (Å²) in [6.07, 6.45) is 0. The molecule has 0 aliphatic rings. The van der Waals surface area contributed by atoms with Crippen LogP contribution >= 0.6 is 0 Å². The fourth-order valence-electron chi connectivity index (χ4n) is 1.88. The lowest BCUT2D eigenvalue weighted by Gasteiger charge is -2.24. The van der Waals surface area contributed by atoms with Crippen molar-refractivity contribution in [3.63, 3.8) is 0 Å². The van der Waals surface area contributed by atoms with E-state index in [1.807, 2.05) is 20.8 Å². The molecular weight excluding hydrogens is 285 g/mol. The molecule has 2 atom stereocenters. The number of carbonyl (C=O) groups is 2. The number of amides is 2. The van der Waals surface area contributed by atoms with Gasteiger partial charge in [0.25, 0.3) is 11.8 Å². The summed E-state index contributed by atoms with van der Waals surface area (Å²) in [6, 6.07) is 5.17. The van der Waals surface area contributed by atoms with Gasteiger partial charge in [-0.25, -0.2) is 4.39 Å². The van der Waals surface area contributed by atoms with Crippen molar-refractivity contribution in [2.24, 2.45) is 0 Å². The van der Waals surface area contributed by atoms with Crippen LogP contribution in [0.1, 0.15) is 27.7 Å². The molecule has 0 spiro atoms. The van der Waals surface area contributed by atoms with Gasteiger partial charge in [0.05, 0.1) is 7.05 Å². The smallest absolute Gasteiger partial charge is 0.282 e. The van der Waals surface area contributed by atoms with Gasteiger partial charge in [-0.3, -0.25) is 9.59 Å². The second kappa shape index (κ2) is 7.35. The highest BCUT2D eigenvalue weighted by molar-refractivity contribution is 5.93. The van der Waals surface area contributed by atoms with E-state index in [9.17, 15) is 14.0 Å². The van der Waals surface area contributed by atoms with Gasteiger partial charge in [0.15, 0.2) is 12.6 Å². The first-order valence-corrected chi connectivity index (χ1v) is 7.28. The number of hydrogen-bond donors (Lipinski definition) is 3. The van der Waals surface area contributed by atoms with Crippen molar-refractivity contribution >= 4 is 17.5 Å². The molecule has 0 aromatic heterocycles. The van der Waals surface area contributed by atoms with Gasteiger partial charge in [-0.2, -0.15) is 0 Å². The summed E-state index contributed by atoms with van der Waals surface area (Å²) in [6.45, 7) is 7.68. The Morgan fingerprint density at radius 3 is 2.27 bits per heavy atom. The summed E-state index contributed by atoms with van der Waals surface area (Å²) >= 11 is 0. The molecule has 122 valence electrons. The van der Waals surface area contributed by atoms with Crippen molar-refractivity contribution in [3.05, 3.63) is 30.1 Å². The molecule has 0 bridgehead atoms. The molecule has 0 fully saturated rings. The molecule has 3 N–H and O–H groups in total. The van der Waals surface area contributed by atoms with Crippen LogP contribution in [0.2, 0.25) is 0 Å². The quantitative estimate of drug-likeness (QED) is 0.745. The second-order valence-corrected chi connectivity index (χ2v) is 6.54. The Labute approximate surface area is 130 Å². The largest absolute Gasteiger partial charge is 0.347 e. The highest BCUT2D eigenvalue weighted by Crippen LogP contribution is 2.08. The number of halogens is 1. The molecule has 1 unspecified atom stereocenters. The number of rotatable bonds is 5. The summed E-state index contributed by atoms with van der Waals surface area (Å²) in [5.74, 6) is -0.674. The van der Waals surface area contributed by atoms with Gasteiger partial charge < -0.3 is 15.5 Å². The summed E-state index contributed by atoms with van der Waals surface area (Å²) in [4.78, 5) is 24.8. The third kappa shape index (κ3) is 6.22. The van der Waals surface area contributed by atoms with Crippen LogP contribution in [0.5, 0.6) is 0 Å². The summed E-state index contributed by atoms with van der Waals surface area (Å²) in [5.41, 5.74) is 0.238. The number of quaternary nitrogens is 1. The number of likely N-dealkylation sites (N-methyl/N-ethyl adjacent to an activating group) is 1. The molecule has 1 aromatic carbocycles. The molecule has 6 heteroatoms. The van der Waals surface area contributed by atoms with Crippen LogP contribution in [0, 0.1) is 5.82 Å². The van der Waals surface area contributed by atoms with Crippen LogP contribution in [-0.2, 0) is 9.59 Å². The van der Waals surface area contributed by atoms with E-state index in [0.29, 0.717) is 5.69 Å². The second-order valence-electron chi connectivity index (χ2n) is 6.54. The summed E-state index contributed by atoms with van der Waals surface area (Å²) in [7, 11) is 1.79. The van der Waals surface area contributed by atoms with Gasteiger partial charge in [-0.15, -0.1) is 0 Å². The van der Waals surface area contributed by atoms with Crippen molar-refractivity contribution in [3.8, 4) is 0 Å². The van der Waals surface area contributed by atoms with Crippen molar-refractivity contribution in [2.45, 2.75) is 39.3 Å². The SMILES string of the molecule is C[C@@H](C(=O)Nc1ccc(F)cc1)[NH+](C)CC(=O)NC(C)(C)C. The van der Waals surface area contributed by atoms with Gasteiger partial charge in [-0.05, 0) is 52.0 Å². The fourth-order valence-corrected chi connectivity index (χ4v) is 1.88. The van der Waals surface area contributed by atoms with Crippen molar-refractivity contribution in [2.75, 3.05) is 18.9 Å². The molecule has 0 aliphatic heterocycles. The number of benzene rings is 1. The minimum atomic E-state index is -0.407. The maximum Gasteiger partial charge on any atom is 0.282 e. The van der Waals surface area contributed by atoms with Gasteiger partial charge >= 0.3 is 0 Å².